The number of likely N-dealkylation sites (N-methyl/N-ethyl adjacent to an activating group) is 1. The van der Waals surface area contributed by atoms with E-state index in [0.29, 0.717) is 42.7 Å². The Morgan fingerprint density at radius 1 is 1.24 bits per heavy atom. The molecule has 0 saturated carbocycles. The highest BCUT2D eigenvalue weighted by Gasteiger charge is 2.39. The molecule has 0 aliphatic carbocycles. The Labute approximate surface area is 169 Å². The third kappa shape index (κ3) is 3.74. The van der Waals surface area contributed by atoms with Gasteiger partial charge in [-0.15, -0.1) is 0 Å². The van der Waals surface area contributed by atoms with E-state index in [0.717, 1.165) is 19.5 Å². The third-order valence-corrected chi connectivity index (χ3v) is 6.15. The van der Waals surface area contributed by atoms with Crippen LogP contribution in [-0.2, 0) is 4.79 Å². The van der Waals surface area contributed by atoms with Crippen LogP contribution < -0.4 is 0 Å². The molecule has 2 aliphatic rings. The number of nitrogens with zero attached hydrogens (tertiary/aromatic N) is 3. The molecule has 2 atom stereocenters. The number of aromatic nitrogens is 1. The van der Waals surface area contributed by atoms with Crippen molar-refractivity contribution in [3.8, 4) is 0 Å². The number of rotatable bonds is 5. The first-order chi connectivity index (χ1) is 14.0. The number of benzene rings is 1. The molecule has 29 heavy (non-hydrogen) atoms. The lowest BCUT2D eigenvalue weighted by atomic mass is 10.00. The van der Waals surface area contributed by atoms with Gasteiger partial charge < -0.3 is 19.9 Å². The zero-order chi connectivity index (χ0) is 20.5. The molecule has 156 valence electrons. The van der Waals surface area contributed by atoms with E-state index in [1.807, 2.05) is 4.90 Å². The van der Waals surface area contributed by atoms with Gasteiger partial charge in [0.15, 0.2) is 0 Å². The fourth-order valence-corrected chi connectivity index (χ4v) is 4.40. The number of carbonyl (C=O) groups excluding carboxylic acids is 2. The van der Waals surface area contributed by atoms with Crippen molar-refractivity contribution in [1.29, 1.82) is 0 Å². The van der Waals surface area contributed by atoms with E-state index in [1.165, 1.54) is 12.1 Å². The molecule has 0 spiro atoms. The summed E-state index contributed by atoms with van der Waals surface area (Å²) in [6.07, 6.45) is 1.29. The number of aliphatic hydroxyl groups is 1. The Kier molecular flexibility index (Phi) is 5.56. The predicted octanol–water partition coefficient (Wildman–Crippen LogP) is 1.44. The molecule has 4 rings (SSSR count). The summed E-state index contributed by atoms with van der Waals surface area (Å²) in [4.78, 5) is 34.8. The van der Waals surface area contributed by atoms with Gasteiger partial charge in [-0.25, -0.2) is 4.39 Å². The van der Waals surface area contributed by atoms with Crippen molar-refractivity contribution in [3.63, 3.8) is 0 Å². The lowest BCUT2D eigenvalue weighted by Crippen LogP contribution is -2.62. The number of fused-ring (bicyclic) bond motifs is 1. The standard InChI is InChI=1S/C21H27FN4O3/c1-2-24-7-5-19(24)21(29)25-8-9-26(16(13-25)6-10-27)20(28)18-12-14-11-15(22)3-4-17(14)23-18/h3-4,11-12,16,19,23,27H,2,5-10,13H2,1H3. The summed E-state index contributed by atoms with van der Waals surface area (Å²) in [5.74, 6) is -0.418. The molecular formula is C21H27FN4O3. The minimum Gasteiger partial charge on any atom is -0.396 e. The maximum absolute atomic E-state index is 13.5. The van der Waals surface area contributed by atoms with Crippen LogP contribution in [0.1, 0.15) is 30.3 Å². The number of H-pyrrole nitrogens is 1. The van der Waals surface area contributed by atoms with Gasteiger partial charge in [-0.1, -0.05) is 6.92 Å². The van der Waals surface area contributed by atoms with E-state index in [1.54, 1.807) is 17.0 Å². The van der Waals surface area contributed by atoms with E-state index >= 15 is 0 Å². The van der Waals surface area contributed by atoms with Crippen molar-refractivity contribution in [2.45, 2.75) is 31.8 Å². The molecular weight excluding hydrogens is 375 g/mol. The third-order valence-electron chi connectivity index (χ3n) is 6.15. The van der Waals surface area contributed by atoms with Gasteiger partial charge in [0, 0.05) is 43.7 Å². The number of hydrogen-bond acceptors (Lipinski definition) is 4. The summed E-state index contributed by atoms with van der Waals surface area (Å²) in [5.41, 5.74) is 1.09. The van der Waals surface area contributed by atoms with E-state index < -0.39 is 0 Å². The normalized spacial score (nSPS) is 22.7. The summed E-state index contributed by atoms with van der Waals surface area (Å²) < 4.78 is 13.5. The number of likely N-dealkylation sites (tertiary alicyclic amines) is 1. The lowest BCUT2D eigenvalue weighted by molar-refractivity contribution is -0.144. The highest BCUT2D eigenvalue weighted by Crippen LogP contribution is 2.24. The van der Waals surface area contributed by atoms with Crippen molar-refractivity contribution in [1.82, 2.24) is 19.7 Å². The molecule has 2 aliphatic heterocycles. The number of carbonyl (C=O) groups is 2. The Bertz CT molecular complexity index is 912. The molecule has 2 saturated heterocycles. The van der Waals surface area contributed by atoms with Crippen LogP contribution in [0.5, 0.6) is 0 Å². The molecule has 3 heterocycles. The number of halogens is 1. The molecule has 2 fully saturated rings. The average molecular weight is 402 g/mol. The minimum absolute atomic E-state index is 0.0550. The van der Waals surface area contributed by atoms with E-state index in [4.69, 9.17) is 0 Å². The van der Waals surface area contributed by atoms with Gasteiger partial charge in [0.05, 0.1) is 12.1 Å². The molecule has 1 aromatic carbocycles. The van der Waals surface area contributed by atoms with Gasteiger partial charge in [-0.2, -0.15) is 0 Å². The van der Waals surface area contributed by atoms with Crippen LogP contribution >= 0.6 is 0 Å². The smallest absolute Gasteiger partial charge is 0.270 e. The number of aromatic amines is 1. The van der Waals surface area contributed by atoms with Crippen LogP contribution in [0.4, 0.5) is 4.39 Å². The fourth-order valence-electron chi connectivity index (χ4n) is 4.40. The Morgan fingerprint density at radius 3 is 2.76 bits per heavy atom. The van der Waals surface area contributed by atoms with Crippen molar-refractivity contribution < 1.29 is 19.1 Å². The highest BCUT2D eigenvalue weighted by atomic mass is 19.1. The molecule has 2 N–H and O–H groups in total. The van der Waals surface area contributed by atoms with Gasteiger partial charge >= 0.3 is 0 Å². The Hall–Kier alpha value is -2.45. The number of nitrogens with one attached hydrogen (secondary N) is 1. The monoisotopic (exact) mass is 402 g/mol. The van der Waals surface area contributed by atoms with E-state index in [9.17, 15) is 19.1 Å². The molecule has 7 nitrogen and oxygen atoms in total. The summed E-state index contributed by atoms with van der Waals surface area (Å²) >= 11 is 0. The zero-order valence-corrected chi connectivity index (χ0v) is 16.6. The van der Waals surface area contributed by atoms with Crippen molar-refractivity contribution in [3.05, 3.63) is 35.8 Å². The number of piperazine rings is 1. The van der Waals surface area contributed by atoms with Crippen molar-refractivity contribution in [2.24, 2.45) is 0 Å². The lowest BCUT2D eigenvalue weighted by Gasteiger charge is -2.46. The molecule has 1 aromatic heterocycles. The SMILES string of the molecule is CCN1CCC1C(=O)N1CCN(C(=O)c2cc3cc(F)ccc3[nH]2)C(CCO)C1. The quantitative estimate of drug-likeness (QED) is 0.793. The fraction of sp³-hybridized carbons (Fsp3) is 0.524. The second-order valence-corrected chi connectivity index (χ2v) is 7.80. The number of aliphatic hydroxyl groups excluding tert-OH is 1. The molecule has 0 radical (unpaired) electrons. The topological polar surface area (TPSA) is 79.9 Å². The Morgan fingerprint density at radius 2 is 2.07 bits per heavy atom. The highest BCUT2D eigenvalue weighted by molar-refractivity contribution is 5.98. The summed E-state index contributed by atoms with van der Waals surface area (Å²) in [6, 6.07) is 5.71. The minimum atomic E-state index is -0.349. The van der Waals surface area contributed by atoms with Crippen LogP contribution in [0, 0.1) is 5.82 Å². The second kappa shape index (κ2) is 8.12. The van der Waals surface area contributed by atoms with Crippen LogP contribution in [-0.4, -0.2) is 88.0 Å². The molecule has 8 heteroatoms. The van der Waals surface area contributed by atoms with Crippen LogP contribution in [0.25, 0.3) is 10.9 Å². The maximum atomic E-state index is 13.5. The largest absolute Gasteiger partial charge is 0.396 e. The average Bonchev–Trinajstić information content (AvgIpc) is 3.10. The Balaban J connectivity index is 1.49. The molecule has 0 bridgehead atoms. The summed E-state index contributed by atoms with van der Waals surface area (Å²) in [5, 5.41) is 10.1. The molecule has 2 unspecified atom stereocenters. The summed E-state index contributed by atoms with van der Waals surface area (Å²) in [7, 11) is 0. The van der Waals surface area contributed by atoms with E-state index in [-0.39, 0.29) is 36.3 Å². The van der Waals surface area contributed by atoms with Gasteiger partial charge in [-0.05, 0) is 43.7 Å². The number of hydrogen-bond donors (Lipinski definition) is 2. The zero-order valence-electron chi connectivity index (χ0n) is 16.6. The van der Waals surface area contributed by atoms with Crippen molar-refractivity contribution >= 4 is 22.7 Å². The van der Waals surface area contributed by atoms with Crippen LogP contribution in [0.15, 0.2) is 24.3 Å². The first-order valence-electron chi connectivity index (χ1n) is 10.2. The maximum Gasteiger partial charge on any atom is 0.270 e. The van der Waals surface area contributed by atoms with Crippen LogP contribution in [0.3, 0.4) is 0 Å². The molecule has 2 amide bonds. The number of amides is 2. The van der Waals surface area contributed by atoms with Crippen molar-refractivity contribution in [2.75, 3.05) is 39.3 Å². The molecule has 2 aromatic rings. The first-order valence-corrected chi connectivity index (χ1v) is 10.2. The van der Waals surface area contributed by atoms with Crippen LogP contribution in [0.2, 0.25) is 0 Å². The van der Waals surface area contributed by atoms with Gasteiger partial charge in [0.2, 0.25) is 5.91 Å². The van der Waals surface area contributed by atoms with Gasteiger partial charge in [0.1, 0.15) is 11.5 Å². The summed E-state index contributed by atoms with van der Waals surface area (Å²) in [6.45, 7) is 5.12. The predicted molar refractivity (Wildman–Crippen MR) is 107 cm³/mol. The second-order valence-electron chi connectivity index (χ2n) is 7.80. The van der Waals surface area contributed by atoms with E-state index in [2.05, 4.69) is 16.8 Å². The van der Waals surface area contributed by atoms with Gasteiger partial charge in [-0.3, -0.25) is 14.5 Å². The first kappa shape index (κ1) is 19.8. The van der Waals surface area contributed by atoms with Gasteiger partial charge in [0.25, 0.3) is 5.91 Å².